The molecule has 0 spiro atoms. The van der Waals surface area contributed by atoms with Gasteiger partial charge in [-0.1, -0.05) is 79.7 Å². The van der Waals surface area contributed by atoms with Crippen molar-refractivity contribution in [2.24, 2.45) is 0 Å². The molecule has 0 fully saturated rings. The van der Waals surface area contributed by atoms with Crippen molar-refractivity contribution in [1.82, 2.24) is 80.7 Å². The minimum Gasteiger partial charge on any atom is -0.325 e. The number of aromatic nitrogens is 16. The quantitative estimate of drug-likeness (QED) is 0.0513. The number of rotatable bonds is 13. The van der Waals surface area contributed by atoms with Crippen LogP contribution in [-0.4, -0.2) is 80.7 Å². The summed E-state index contributed by atoms with van der Waals surface area (Å²) in [5.41, 5.74) is 9.09. The van der Waals surface area contributed by atoms with Gasteiger partial charge in [0.05, 0.1) is 40.7 Å². The molecule has 0 saturated heterocycles. The summed E-state index contributed by atoms with van der Waals surface area (Å²) < 4.78 is 0. The minimum atomic E-state index is 0.539. The van der Waals surface area contributed by atoms with Gasteiger partial charge in [-0.15, -0.1) is 0 Å². The van der Waals surface area contributed by atoms with Gasteiger partial charge in [-0.25, -0.2) is 29.9 Å². The van der Waals surface area contributed by atoms with E-state index in [-0.39, 0.29) is 0 Å². The SMILES string of the molecule is CCc1ccc(Nc2nc(Nc3ccn[nH]3)c3ccccc3n2)cc1C.Cc1cc(Nc2ncnc3ccccc23)n[nH]1.c1ccc(Nc2nc(Nc3ccn[nH]3)c3ccccc3n2)cc1.c1ccc2c(Nc3ccn[nH]3)ncnc2c1. The van der Waals surface area contributed by atoms with Crippen LogP contribution in [0.25, 0.3) is 43.6 Å². The summed E-state index contributed by atoms with van der Waals surface area (Å²) in [4.78, 5) is 35.3. The Bertz CT molecular complexity index is 4310. The fourth-order valence-corrected chi connectivity index (χ4v) is 8.58. The number of fused-ring (bicyclic) bond motifs is 4. The molecule has 82 heavy (non-hydrogen) atoms. The average molecular weight is 1080 g/mol. The number of hydrogen-bond donors (Lipinski definition) is 10. The van der Waals surface area contributed by atoms with Crippen molar-refractivity contribution < 1.29 is 0 Å². The van der Waals surface area contributed by atoms with Crippen LogP contribution in [0.4, 0.5) is 69.8 Å². The summed E-state index contributed by atoms with van der Waals surface area (Å²) in [5, 5.41) is 50.6. The smallest absolute Gasteiger partial charge is 0.229 e. The van der Waals surface area contributed by atoms with Gasteiger partial charge in [0.25, 0.3) is 0 Å². The summed E-state index contributed by atoms with van der Waals surface area (Å²) in [6, 6.07) is 55.2. The standard InChI is InChI=1S/C20H20N6.C17H14N6.C12H11N5.C11H9N5/c1-3-14-8-9-15(12-13(14)2)22-20-23-17-7-5-4-6-16(17)19(25-20)24-18-10-11-21-26-18;1-2-6-12(7-3-1)19-17-20-14-9-5-4-8-13(14)16(22-17)21-15-10-11-18-23-15;1-8-6-11(17-16-8)15-12-9-4-2-3-5-10(9)13-7-14-12;1-2-4-9-8(3-1)11(13-7-12-9)15-10-5-6-14-16-10/h4-12H,3H2,1-2H3,(H3,21,22,23,24,25,26);1-11H,(H3,18,19,20,21,22,23);2-7H,1H3,(H2,13,14,15,16,17);1-7H,(H2,12,13,14,15,16). The van der Waals surface area contributed by atoms with Gasteiger partial charge in [0, 0.05) is 62.9 Å². The van der Waals surface area contributed by atoms with Gasteiger partial charge < -0.3 is 31.9 Å². The molecular weight excluding hydrogens is 1030 g/mol. The van der Waals surface area contributed by atoms with Crippen molar-refractivity contribution in [2.75, 3.05) is 31.9 Å². The molecule has 10 N–H and O–H groups in total. The van der Waals surface area contributed by atoms with Gasteiger partial charge in [-0.3, -0.25) is 20.4 Å². The van der Waals surface area contributed by atoms with E-state index in [1.807, 2.05) is 159 Å². The van der Waals surface area contributed by atoms with Crippen LogP contribution in [0.3, 0.4) is 0 Å². The molecule has 0 radical (unpaired) electrons. The summed E-state index contributed by atoms with van der Waals surface area (Å²) in [5.74, 6) is 7.20. The highest BCUT2D eigenvalue weighted by Crippen LogP contribution is 2.29. The number of anilines is 12. The van der Waals surface area contributed by atoms with E-state index in [2.05, 4.69) is 145 Å². The van der Waals surface area contributed by atoms with Crippen LogP contribution >= 0.6 is 0 Å². The van der Waals surface area contributed by atoms with Crippen molar-refractivity contribution in [1.29, 1.82) is 0 Å². The summed E-state index contributed by atoms with van der Waals surface area (Å²) >= 11 is 0. The van der Waals surface area contributed by atoms with Crippen molar-refractivity contribution in [3.63, 3.8) is 0 Å². The lowest BCUT2D eigenvalue weighted by Crippen LogP contribution is -2.03. The van der Waals surface area contributed by atoms with Crippen LogP contribution in [-0.2, 0) is 6.42 Å². The van der Waals surface area contributed by atoms with Crippen LogP contribution in [0.15, 0.2) is 201 Å². The maximum Gasteiger partial charge on any atom is 0.229 e. The highest BCUT2D eigenvalue weighted by Gasteiger charge is 2.12. The first kappa shape index (κ1) is 52.4. The lowest BCUT2D eigenvalue weighted by Gasteiger charge is -2.12. The summed E-state index contributed by atoms with van der Waals surface area (Å²) in [6.45, 7) is 6.24. The molecule has 8 aromatic heterocycles. The molecule has 0 aliphatic carbocycles. The normalized spacial score (nSPS) is 10.7. The number of benzene rings is 6. The van der Waals surface area contributed by atoms with Gasteiger partial charge in [-0.2, -0.15) is 30.4 Å². The van der Waals surface area contributed by atoms with E-state index in [9.17, 15) is 0 Å². The molecule has 6 aromatic carbocycles. The van der Waals surface area contributed by atoms with E-state index in [1.165, 1.54) is 11.1 Å². The fraction of sp³-hybridized carbons (Fsp3) is 0.0667. The molecule has 8 heterocycles. The predicted molar refractivity (Wildman–Crippen MR) is 324 cm³/mol. The number of hydrogen-bond acceptors (Lipinski definition) is 18. The Balaban J connectivity index is 0.000000117. The summed E-state index contributed by atoms with van der Waals surface area (Å²) in [6.07, 6.45) is 9.19. The van der Waals surface area contributed by atoms with Crippen LogP contribution in [0, 0.1) is 13.8 Å². The van der Waals surface area contributed by atoms with Gasteiger partial charge in [0.2, 0.25) is 11.9 Å². The average Bonchev–Trinajstić information content (AvgIpc) is 4.52. The van der Waals surface area contributed by atoms with Gasteiger partial charge in [0.1, 0.15) is 53.4 Å². The number of aromatic amines is 4. The van der Waals surface area contributed by atoms with Crippen LogP contribution < -0.4 is 31.9 Å². The van der Waals surface area contributed by atoms with E-state index >= 15 is 0 Å². The van der Waals surface area contributed by atoms with E-state index in [4.69, 9.17) is 0 Å². The topological polar surface area (TPSA) is 290 Å². The predicted octanol–water partition coefficient (Wildman–Crippen LogP) is 13.1. The van der Waals surface area contributed by atoms with Crippen molar-refractivity contribution in [3.05, 3.63) is 218 Å². The third-order valence-corrected chi connectivity index (χ3v) is 12.5. The third-order valence-electron chi connectivity index (χ3n) is 12.5. The second-order valence-corrected chi connectivity index (χ2v) is 18.3. The molecule has 22 heteroatoms. The number of H-pyrrole nitrogens is 4. The zero-order chi connectivity index (χ0) is 55.9. The fourth-order valence-electron chi connectivity index (χ4n) is 8.58. The zero-order valence-electron chi connectivity index (χ0n) is 44.6. The van der Waals surface area contributed by atoms with E-state index < -0.39 is 0 Å². The zero-order valence-corrected chi connectivity index (χ0v) is 44.6. The minimum absolute atomic E-state index is 0.539. The lowest BCUT2D eigenvalue weighted by atomic mass is 10.1. The molecule has 22 nitrogen and oxygen atoms in total. The first-order valence-electron chi connectivity index (χ1n) is 26.1. The van der Waals surface area contributed by atoms with E-state index in [0.717, 1.165) is 114 Å². The molecule has 14 aromatic rings. The van der Waals surface area contributed by atoms with Crippen LogP contribution in [0.2, 0.25) is 0 Å². The second-order valence-electron chi connectivity index (χ2n) is 18.3. The highest BCUT2D eigenvalue weighted by molar-refractivity contribution is 5.94. The molecule has 14 rings (SSSR count). The first-order valence-corrected chi connectivity index (χ1v) is 26.1. The Kier molecular flexibility index (Phi) is 16.1. The first-order chi connectivity index (χ1) is 40.4. The largest absolute Gasteiger partial charge is 0.325 e. The Morgan fingerprint density at radius 3 is 1.29 bits per heavy atom. The molecule has 0 atom stereocenters. The Morgan fingerprint density at radius 2 is 0.829 bits per heavy atom. The van der Waals surface area contributed by atoms with Crippen LogP contribution in [0.1, 0.15) is 23.7 Å². The van der Waals surface area contributed by atoms with Crippen molar-refractivity contribution >= 4 is 113 Å². The number of aryl methyl sites for hydroxylation is 3. The number of nitrogens with one attached hydrogen (secondary N) is 10. The molecule has 404 valence electrons. The maximum atomic E-state index is 4.66. The number of para-hydroxylation sites is 5. The lowest BCUT2D eigenvalue weighted by molar-refractivity contribution is 1.05. The third kappa shape index (κ3) is 13.2. The monoisotopic (exact) mass is 1080 g/mol. The van der Waals surface area contributed by atoms with Crippen molar-refractivity contribution in [2.45, 2.75) is 27.2 Å². The van der Waals surface area contributed by atoms with E-state index in [1.54, 1.807) is 31.2 Å². The summed E-state index contributed by atoms with van der Waals surface area (Å²) in [7, 11) is 0. The highest BCUT2D eigenvalue weighted by atomic mass is 15.2. The van der Waals surface area contributed by atoms with Crippen molar-refractivity contribution in [3.8, 4) is 0 Å². The Hall–Kier alpha value is -11.7. The molecular formula is C60H54N22. The van der Waals surface area contributed by atoms with Gasteiger partial charge >= 0.3 is 0 Å². The van der Waals surface area contributed by atoms with Gasteiger partial charge in [-0.05, 0) is 104 Å². The maximum absolute atomic E-state index is 4.66. The molecule has 0 aliphatic heterocycles. The number of nitrogens with zero attached hydrogens (tertiary/aromatic N) is 12. The molecule has 0 amide bonds. The molecule has 0 unspecified atom stereocenters. The molecule has 0 bridgehead atoms. The van der Waals surface area contributed by atoms with Crippen LogP contribution in [0.5, 0.6) is 0 Å². The Morgan fingerprint density at radius 1 is 0.378 bits per heavy atom. The Labute approximate surface area is 469 Å². The molecule has 0 aliphatic rings. The molecule has 0 saturated carbocycles. The second kappa shape index (κ2) is 25.2. The van der Waals surface area contributed by atoms with Gasteiger partial charge in [0.15, 0.2) is 5.82 Å². The van der Waals surface area contributed by atoms with E-state index in [0.29, 0.717) is 11.9 Å².